The largest absolute Gasteiger partial charge is 0.497 e. The number of hydrogen-bond donors (Lipinski definition) is 1. The minimum absolute atomic E-state index is 0.126. The lowest BCUT2D eigenvalue weighted by atomic mass is 10.3. The normalized spacial score (nSPS) is 10.9. The van der Waals surface area contributed by atoms with Crippen LogP contribution in [0, 0.1) is 4.77 Å². The van der Waals surface area contributed by atoms with Gasteiger partial charge in [0.05, 0.1) is 18.3 Å². The summed E-state index contributed by atoms with van der Waals surface area (Å²) in [6.45, 7) is 0. The predicted molar refractivity (Wildman–Crippen MR) is 86.9 cm³/mol. The molecule has 102 valence electrons. The summed E-state index contributed by atoms with van der Waals surface area (Å²) in [4.78, 5) is 15.6. The molecule has 0 aliphatic rings. The van der Waals surface area contributed by atoms with Gasteiger partial charge in [0, 0.05) is 10.5 Å². The van der Waals surface area contributed by atoms with Gasteiger partial charge in [-0.1, -0.05) is 15.9 Å². The van der Waals surface area contributed by atoms with E-state index < -0.39 is 0 Å². The van der Waals surface area contributed by atoms with E-state index >= 15 is 0 Å². The second kappa shape index (κ2) is 5.16. The fourth-order valence-electron chi connectivity index (χ4n) is 1.97. The van der Waals surface area contributed by atoms with E-state index in [2.05, 4.69) is 20.9 Å². The van der Waals surface area contributed by atoms with Crippen molar-refractivity contribution in [3.05, 3.63) is 49.2 Å². The predicted octanol–water partition coefficient (Wildman–Crippen LogP) is 3.88. The zero-order valence-electron chi connectivity index (χ0n) is 10.3. The number of aromatic amines is 1. The maximum absolute atomic E-state index is 12.6. The van der Waals surface area contributed by atoms with Gasteiger partial charge in [-0.25, -0.2) is 0 Å². The number of hydrogen-bond acceptors (Lipinski definition) is 4. The summed E-state index contributed by atoms with van der Waals surface area (Å²) in [6.07, 6.45) is 0. The summed E-state index contributed by atoms with van der Waals surface area (Å²) in [7, 11) is 1.58. The third-order valence-electron chi connectivity index (χ3n) is 2.86. The Morgan fingerprint density at radius 2 is 2.20 bits per heavy atom. The number of aromatic nitrogens is 2. The number of nitrogens with zero attached hydrogens (tertiary/aromatic N) is 1. The number of benzene rings is 1. The molecule has 3 aromatic rings. The SMILES string of the molecule is COc1cc(Br)cc(-n2c(=S)[nH]c3ccsc3c2=O)c1. The Morgan fingerprint density at radius 3 is 2.95 bits per heavy atom. The fourth-order valence-corrected chi connectivity index (χ4v) is 3.50. The minimum atomic E-state index is -0.126. The summed E-state index contributed by atoms with van der Waals surface area (Å²) in [5, 5.41) is 1.86. The third kappa shape index (κ3) is 2.21. The van der Waals surface area contributed by atoms with Gasteiger partial charge in [0.15, 0.2) is 4.77 Å². The number of rotatable bonds is 2. The van der Waals surface area contributed by atoms with E-state index in [1.54, 1.807) is 13.2 Å². The summed E-state index contributed by atoms with van der Waals surface area (Å²) in [5.41, 5.74) is 1.31. The molecule has 0 unspecified atom stereocenters. The Balaban J connectivity index is 2.37. The standard InChI is InChI=1S/C13H9BrN2O2S2/c1-18-9-5-7(14)4-8(6-9)16-12(17)11-10(2-3-20-11)15-13(16)19/h2-6H,1H3,(H,15,19). The van der Waals surface area contributed by atoms with E-state index in [9.17, 15) is 4.79 Å². The molecule has 2 aromatic heterocycles. The van der Waals surface area contributed by atoms with E-state index in [4.69, 9.17) is 17.0 Å². The van der Waals surface area contributed by atoms with Crippen molar-refractivity contribution in [3.8, 4) is 11.4 Å². The molecule has 0 spiro atoms. The average Bonchev–Trinajstić information content (AvgIpc) is 2.86. The van der Waals surface area contributed by atoms with E-state index in [-0.39, 0.29) is 5.56 Å². The first kappa shape index (κ1) is 13.5. The number of halogens is 1. The van der Waals surface area contributed by atoms with Crippen LogP contribution in [0.5, 0.6) is 5.75 Å². The molecule has 3 rings (SSSR count). The van der Waals surface area contributed by atoms with Crippen LogP contribution in [0.2, 0.25) is 0 Å². The van der Waals surface area contributed by atoms with Crippen molar-refractivity contribution in [3.63, 3.8) is 0 Å². The zero-order valence-corrected chi connectivity index (χ0v) is 13.6. The molecule has 1 N–H and O–H groups in total. The van der Waals surface area contributed by atoms with E-state index in [1.165, 1.54) is 15.9 Å². The van der Waals surface area contributed by atoms with Gasteiger partial charge in [0.2, 0.25) is 0 Å². The first-order chi connectivity index (χ1) is 9.60. The van der Waals surface area contributed by atoms with Gasteiger partial charge in [-0.3, -0.25) is 9.36 Å². The molecule has 0 radical (unpaired) electrons. The molecule has 20 heavy (non-hydrogen) atoms. The molecule has 2 heterocycles. The van der Waals surface area contributed by atoms with Crippen LogP contribution in [0.1, 0.15) is 0 Å². The highest BCUT2D eigenvalue weighted by molar-refractivity contribution is 9.10. The Labute approximate surface area is 131 Å². The van der Waals surface area contributed by atoms with Crippen LogP contribution in [-0.2, 0) is 0 Å². The van der Waals surface area contributed by atoms with E-state index in [0.29, 0.717) is 20.9 Å². The molecule has 0 saturated heterocycles. The molecule has 1 aromatic carbocycles. The monoisotopic (exact) mass is 368 g/mol. The first-order valence-corrected chi connectivity index (χ1v) is 7.76. The molecule has 0 saturated carbocycles. The smallest absolute Gasteiger partial charge is 0.276 e. The summed E-state index contributed by atoms with van der Waals surface area (Å²) in [6, 6.07) is 7.27. The van der Waals surface area contributed by atoms with Crippen LogP contribution >= 0.6 is 39.5 Å². The maximum atomic E-state index is 12.6. The number of thiophene rings is 1. The third-order valence-corrected chi connectivity index (χ3v) is 4.50. The van der Waals surface area contributed by atoms with Crippen LogP contribution in [0.3, 0.4) is 0 Å². The Bertz CT molecular complexity index is 911. The van der Waals surface area contributed by atoms with Gasteiger partial charge in [-0.15, -0.1) is 11.3 Å². The molecule has 7 heteroatoms. The second-order valence-electron chi connectivity index (χ2n) is 4.08. The van der Waals surface area contributed by atoms with Crippen molar-refractivity contribution in [1.29, 1.82) is 0 Å². The minimum Gasteiger partial charge on any atom is -0.497 e. The fraction of sp³-hybridized carbons (Fsp3) is 0.0769. The van der Waals surface area contributed by atoms with Gasteiger partial charge in [-0.05, 0) is 35.8 Å². The summed E-state index contributed by atoms with van der Waals surface area (Å²) < 4.78 is 8.53. The van der Waals surface area contributed by atoms with Crippen molar-refractivity contribution in [2.24, 2.45) is 0 Å². The van der Waals surface area contributed by atoms with Crippen molar-refractivity contribution >= 4 is 49.7 Å². The maximum Gasteiger partial charge on any atom is 0.276 e. The Morgan fingerprint density at radius 1 is 1.40 bits per heavy atom. The lowest BCUT2D eigenvalue weighted by Crippen LogP contribution is -2.19. The highest BCUT2D eigenvalue weighted by atomic mass is 79.9. The number of H-pyrrole nitrogens is 1. The molecular weight excluding hydrogens is 360 g/mol. The highest BCUT2D eigenvalue weighted by Crippen LogP contribution is 2.24. The lowest BCUT2D eigenvalue weighted by molar-refractivity contribution is 0.414. The number of fused-ring (bicyclic) bond motifs is 1. The lowest BCUT2D eigenvalue weighted by Gasteiger charge is -2.09. The topological polar surface area (TPSA) is 47.0 Å². The molecule has 0 bridgehead atoms. The average molecular weight is 369 g/mol. The van der Waals surface area contributed by atoms with Crippen LogP contribution in [0.4, 0.5) is 0 Å². The molecule has 0 aliphatic carbocycles. The Kier molecular flexibility index (Phi) is 3.49. The number of nitrogens with one attached hydrogen (secondary N) is 1. The quantitative estimate of drug-likeness (QED) is 0.698. The van der Waals surface area contributed by atoms with Crippen molar-refractivity contribution < 1.29 is 4.74 Å². The molecule has 0 atom stereocenters. The van der Waals surface area contributed by atoms with Gasteiger partial charge in [-0.2, -0.15) is 0 Å². The molecular formula is C13H9BrN2O2S2. The van der Waals surface area contributed by atoms with Crippen LogP contribution in [0.15, 0.2) is 38.9 Å². The summed E-state index contributed by atoms with van der Waals surface area (Å²) >= 11 is 10.1. The van der Waals surface area contributed by atoms with Crippen molar-refractivity contribution in [2.75, 3.05) is 7.11 Å². The zero-order chi connectivity index (χ0) is 14.3. The van der Waals surface area contributed by atoms with Gasteiger partial charge in [0.1, 0.15) is 10.4 Å². The van der Waals surface area contributed by atoms with Gasteiger partial charge < -0.3 is 9.72 Å². The van der Waals surface area contributed by atoms with Gasteiger partial charge in [0.25, 0.3) is 5.56 Å². The van der Waals surface area contributed by atoms with Crippen molar-refractivity contribution in [1.82, 2.24) is 9.55 Å². The Hall–Kier alpha value is -1.44. The number of methoxy groups -OCH3 is 1. The summed E-state index contributed by atoms with van der Waals surface area (Å²) in [5.74, 6) is 0.655. The molecule has 4 nitrogen and oxygen atoms in total. The number of ether oxygens (including phenoxy) is 1. The highest BCUT2D eigenvalue weighted by Gasteiger charge is 2.10. The first-order valence-electron chi connectivity index (χ1n) is 5.67. The van der Waals surface area contributed by atoms with Crippen LogP contribution < -0.4 is 10.3 Å². The van der Waals surface area contributed by atoms with E-state index in [0.717, 1.165) is 9.99 Å². The second-order valence-corrected chi connectivity index (χ2v) is 6.30. The van der Waals surface area contributed by atoms with Crippen LogP contribution in [0.25, 0.3) is 15.9 Å². The molecule has 0 aliphatic heterocycles. The van der Waals surface area contributed by atoms with E-state index in [1.807, 2.05) is 23.6 Å². The van der Waals surface area contributed by atoms with Crippen LogP contribution in [-0.4, -0.2) is 16.7 Å². The van der Waals surface area contributed by atoms with Gasteiger partial charge >= 0.3 is 0 Å². The molecule has 0 fully saturated rings. The van der Waals surface area contributed by atoms with Crippen molar-refractivity contribution in [2.45, 2.75) is 0 Å². The molecule has 0 amide bonds.